The molecular weight excluding hydrogens is 459 g/mol. The Kier molecular flexibility index (Phi) is 6.87. The minimum atomic E-state index is -5.17. The number of fused-ring (bicyclic) bond motifs is 1. The number of halogens is 3. The minimum Gasteiger partial charge on any atom is -0.368 e. The van der Waals surface area contributed by atoms with E-state index < -0.39 is 59.3 Å². The average Bonchev–Trinajstić information content (AvgIpc) is 3.17. The van der Waals surface area contributed by atoms with Gasteiger partial charge in [-0.3, -0.25) is 24.0 Å². The standard InChI is InChI=1S/C21H30F3N5O5/c1-20(2,3)14(28-19(34)21(22,23)24)18(33)29-8-10-6-11(10)13(29)17(32)27-12(15(25)30)7-9-4-5-26-16(9)31/h9-14H,4-8H2,1-3H3,(H2,25,30)(H,26,31)(H,27,32)(H,28,34)/t9-,10-,11-,12-,13-,14+/m0/s1. The Balaban J connectivity index is 1.76. The zero-order valence-corrected chi connectivity index (χ0v) is 19.2. The highest BCUT2D eigenvalue weighted by atomic mass is 19.4. The van der Waals surface area contributed by atoms with Crippen molar-refractivity contribution in [1.29, 1.82) is 0 Å². The summed E-state index contributed by atoms with van der Waals surface area (Å²) in [4.78, 5) is 63.0. The number of rotatable bonds is 7. The number of carbonyl (C=O) groups excluding carboxylic acids is 5. The molecule has 1 saturated carbocycles. The summed E-state index contributed by atoms with van der Waals surface area (Å²) in [5.41, 5.74) is 4.36. The van der Waals surface area contributed by atoms with Crippen LogP contribution in [0.2, 0.25) is 0 Å². The zero-order valence-electron chi connectivity index (χ0n) is 19.2. The van der Waals surface area contributed by atoms with Gasteiger partial charge in [0.15, 0.2) is 0 Å². The third kappa shape index (κ3) is 5.44. The molecule has 190 valence electrons. The van der Waals surface area contributed by atoms with Crippen molar-refractivity contribution in [1.82, 2.24) is 20.9 Å². The van der Waals surface area contributed by atoms with Crippen molar-refractivity contribution < 1.29 is 37.1 Å². The van der Waals surface area contributed by atoms with Crippen molar-refractivity contribution in [3.63, 3.8) is 0 Å². The first-order valence-electron chi connectivity index (χ1n) is 11.2. The quantitative estimate of drug-likeness (QED) is 0.377. The summed E-state index contributed by atoms with van der Waals surface area (Å²) in [5.74, 6) is -5.46. The molecule has 0 bridgehead atoms. The Labute approximate surface area is 194 Å². The van der Waals surface area contributed by atoms with E-state index in [4.69, 9.17) is 5.73 Å². The van der Waals surface area contributed by atoms with Crippen LogP contribution in [0.3, 0.4) is 0 Å². The monoisotopic (exact) mass is 489 g/mol. The molecule has 2 heterocycles. The molecule has 3 rings (SSSR count). The molecule has 3 aliphatic rings. The highest BCUT2D eigenvalue weighted by Gasteiger charge is 2.58. The lowest BCUT2D eigenvalue weighted by Gasteiger charge is -2.36. The molecule has 3 fully saturated rings. The highest BCUT2D eigenvalue weighted by molar-refractivity contribution is 5.96. The molecule has 2 saturated heterocycles. The van der Waals surface area contributed by atoms with Crippen LogP contribution in [0.1, 0.15) is 40.0 Å². The molecule has 0 aromatic heterocycles. The molecule has 0 unspecified atom stereocenters. The lowest BCUT2D eigenvalue weighted by Crippen LogP contribution is -2.61. The lowest BCUT2D eigenvalue weighted by atomic mass is 9.85. The van der Waals surface area contributed by atoms with Crippen LogP contribution in [-0.2, 0) is 24.0 Å². The normalized spacial score (nSPS) is 27.9. The number of alkyl halides is 3. The van der Waals surface area contributed by atoms with E-state index in [9.17, 15) is 37.1 Å². The van der Waals surface area contributed by atoms with Crippen LogP contribution < -0.4 is 21.7 Å². The fraction of sp³-hybridized carbons (Fsp3) is 0.762. The molecule has 10 nitrogen and oxygen atoms in total. The SMILES string of the molecule is CC(C)(C)[C@H](NC(=O)C(F)(F)F)C(=O)N1C[C@@H]2C[C@@H]2[C@H]1C(=O)N[C@@H](C[C@@H]1CCNC1=O)C(N)=O. The van der Waals surface area contributed by atoms with Crippen molar-refractivity contribution in [2.24, 2.45) is 28.9 Å². The number of hydrogen-bond donors (Lipinski definition) is 4. The van der Waals surface area contributed by atoms with Gasteiger partial charge in [0.1, 0.15) is 18.1 Å². The van der Waals surface area contributed by atoms with E-state index in [-0.39, 0.29) is 30.7 Å². The minimum absolute atomic E-state index is 0.00581. The van der Waals surface area contributed by atoms with Crippen LogP contribution >= 0.6 is 0 Å². The number of carbonyl (C=O) groups is 5. The number of nitrogens with two attached hydrogens (primary N) is 1. The van der Waals surface area contributed by atoms with Crippen LogP contribution in [0.15, 0.2) is 0 Å². The fourth-order valence-electron chi connectivity index (χ4n) is 4.71. The highest BCUT2D eigenvalue weighted by Crippen LogP contribution is 2.50. The second kappa shape index (κ2) is 9.06. The summed E-state index contributed by atoms with van der Waals surface area (Å²) in [7, 11) is 0. The van der Waals surface area contributed by atoms with Crippen LogP contribution in [0.5, 0.6) is 0 Å². The maximum Gasteiger partial charge on any atom is 0.471 e. The maximum atomic E-state index is 13.3. The van der Waals surface area contributed by atoms with Crippen LogP contribution in [0, 0.1) is 23.2 Å². The molecule has 0 aromatic rings. The predicted molar refractivity (Wildman–Crippen MR) is 111 cm³/mol. The molecule has 5 amide bonds. The number of amides is 5. The molecule has 0 spiro atoms. The molecule has 13 heteroatoms. The smallest absolute Gasteiger partial charge is 0.368 e. The molecule has 1 aliphatic carbocycles. The van der Waals surface area contributed by atoms with Gasteiger partial charge in [0, 0.05) is 19.0 Å². The topological polar surface area (TPSA) is 151 Å². The summed E-state index contributed by atoms with van der Waals surface area (Å²) in [5, 5.41) is 6.94. The van der Waals surface area contributed by atoms with Gasteiger partial charge in [-0.05, 0) is 36.5 Å². The van der Waals surface area contributed by atoms with Crippen molar-refractivity contribution in [2.45, 2.75) is 64.3 Å². The Bertz CT molecular complexity index is 887. The Morgan fingerprint density at radius 1 is 1.18 bits per heavy atom. The summed E-state index contributed by atoms with van der Waals surface area (Å²) < 4.78 is 38.6. The maximum absolute atomic E-state index is 13.3. The molecule has 5 N–H and O–H groups in total. The first kappa shape index (κ1) is 25.8. The lowest BCUT2D eigenvalue weighted by molar-refractivity contribution is -0.176. The second-order valence-electron chi connectivity index (χ2n) is 10.3. The van der Waals surface area contributed by atoms with Gasteiger partial charge < -0.3 is 26.6 Å². The summed E-state index contributed by atoms with van der Waals surface area (Å²) >= 11 is 0. The Hall–Kier alpha value is -2.86. The van der Waals surface area contributed by atoms with E-state index in [0.29, 0.717) is 19.4 Å². The summed E-state index contributed by atoms with van der Waals surface area (Å²) in [6, 6.07) is -3.67. The van der Waals surface area contributed by atoms with Crippen molar-refractivity contribution in [2.75, 3.05) is 13.1 Å². The van der Waals surface area contributed by atoms with E-state index in [2.05, 4.69) is 10.6 Å². The number of piperidine rings is 1. The number of primary amides is 1. The molecule has 34 heavy (non-hydrogen) atoms. The van der Waals surface area contributed by atoms with Gasteiger partial charge in [0.2, 0.25) is 23.6 Å². The second-order valence-corrected chi connectivity index (χ2v) is 10.3. The third-order valence-corrected chi connectivity index (χ3v) is 6.69. The molecule has 2 aliphatic heterocycles. The van der Waals surface area contributed by atoms with Gasteiger partial charge in [0.25, 0.3) is 0 Å². The van der Waals surface area contributed by atoms with Gasteiger partial charge in [-0.25, -0.2) is 0 Å². The number of nitrogens with zero attached hydrogens (tertiary/aromatic N) is 1. The van der Waals surface area contributed by atoms with Gasteiger partial charge in [-0.15, -0.1) is 0 Å². The average molecular weight is 489 g/mol. The van der Waals surface area contributed by atoms with E-state index in [1.807, 2.05) is 0 Å². The van der Waals surface area contributed by atoms with E-state index >= 15 is 0 Å². The van der Waals surface area contributed by atoms with Crippen molar-refractivity contribution >= 4 is 29.5 Å². The largest absolute Gasteiger partial charge is 0.471 e. The van der Waals surface area contributed by atoms with Gasteiger partial charge >= 0.3 is 12.1 Å². The molecule has 0 aromatic carbocycles. The first-order valence-corrected chi connectivity index (χ1v) is 11.2. The van der Waals surface area contributed by atoms with Gasteiger partial charge in [0.05, 0.1) is 0 Å². The predicted octanol–water partition coefficient (Wildman–Crippen LogP) is -0.577. The fourth-order valence-corrected chi connectivity index (χ4v) is 4.71. The van der Waals surface area contributed by atoms with Crippen molar-refractivity contribution in [3.8, 4) is 0 Å². The molecular formula is C21H30F3N5O5. The Morgan fingerprint density at radius 2 is 1.82 bits per heavy atom. The number of nitrogens with one attached hydrogen (secondary N) is 3. The Morgan fingerprint density at radius 3 is 2.32 bits per heavy atom. The summed E-state index contributed by atoms with van der Waals surface area (Å²) in [6.45, 7) is 5.13. The first-order chi connectivity index (χ1) is 15.6. The van der Waals surface area contributed by atoms with Crippen LogP contribution in [-0.4, -0.2) is 71.8 Å². The molecule has 6 atom stereocenters. The van der Waals surface area contributed by atoms with Crippen LogP contribution in [0.4, 0.5) is 13.2 Å². The van der Waals surface area contributed by atoms with E-state index in [1.54, 1.807) is 5.32 Å². The van der Waals surface area contributed by atoms with E-state index in [0.717, 1.165) is 0 Å². The van der Waals surface area contributed by atoms with Crippen LogP contribution in [0.25, 0.3) is 0 Å². The van der Waals surface area contributed by atoms with E-state index in [1.165, 1.54) is 25.7 Å². The number of likely N-dealkylation sites (tertiary alicyclic amines) is 1. The third-order valence-electron chi connectivity index (χ3n) is 6.69. The van der Waals surface area contributed by atoms with Gasteiger partial charge in [-0.1, -0.05) is 20.8 Å². The summed E-state index contributed by atoms with van der Waals surface area (Å²) in [6.07, 6.45) is -4.02. The number of hydrogen-bond acceptors (Lipinski definition) is 5. The molecule has 0 radical (unpaired) electrons. The zero-order chi connectivity index (χ0) is 25.6. The van der Waals surface area contributed by atoms with Gasteiger partial charge in [-0.2, -0.15) is 13.2 Å². The van der Waals surface area contributed by atoms with Crippen molar-refractivity contribution in [3.05, 3.63) is 0 Å².